The summed E-state index contributed by atoms with van der Waals surface area (Å²) in [5, 5.41) is 83.0. The first-order valence-electron chi connectivity index (χ1n) is 19.7. The Balaban J connectivity index is 1.97. The Kier molecular flexibility index (Phi) is 13.6. The average molecular weight is 865 g/mol. The molecule has 3 aliphatic heterocycles. The van der Waals surface area contributed by atoms with E-state index < -0.39 is 122 Å². The molecule has 2 aromatic rings. The van der Waals surface area contributed by atoms with Crippen LogP contribution in [0.15, 0.2) is 28.2 Å². The van der Waals surface area contributed by atoms with Gasteiger partial charge >= 0.3 is 47.8 Å². The molecule has 11 N–H and O–H groups in total. The second-order valence-electron chi connectivity index (χ2n) is 16.3. The fraction of sp³-hybridized carbons (Fsp3) is 0.452. The van der Waals surface area contributed by atoms with Crippen LogP contribution in [-0.2, 0) is 70.5 Å². The second kappa shape index (κ2) is 18.3. The number of nitrogens with one attached hydrogen (secondary N) is 3. The van der Waals surface area contributed by atoms with Crippen molar-refractivity contribution in [3.05, 3.63) is 68.2 Å². The average Bonchev–Trinajstić information content (AvgIpc) is 3.77. The van der Waals surface area contributed by atoms with E-state index in [0.717, 1.165) is 0 Å². The molecule has 2 aromatic heterocycles. The van der Waals surface area contributed by atoms with Crippen molar-refractivity contribution in [2.45, 2.75) is 97.3 Å². The molecule has 5 rings (SSSR count). The SMILES string of the molecule is C[C@@]1(CC(=O)O)C2=Cc3[nH]c(c(CCC(=O)O)c3CC(=O)O)Cc3[nH]c(c(CC(=O)O)c3CCC(=O)O)C=C3N=C(C=C(N2)[C@H]1CCC(=O)O)[C@@](C)(CC(=O)O)[C@@H]3CCC(=O)O. The number of rotatable bonds is 20. The Morgan fingerprint density at radius 3 is 1.47 bits per heavy atom. The Morgan fingerprint density at radius 1 is 0.565 bits per heavy atom. The van der Waals surface area contributed by atoms with Crippen LogP contribution < -0.4 is 5.32 Å². The zero-order valence-electron chi connectivity index (χ0n) is 33.9. The Bertz CT molecular complexity index is 2360. The highest BCUT2D eigenvalue weighted by Crippen LogP contribution is 2.53. The number of fused-ring (bicyclic) bond motifs is 7. The number of carbonyl (C=O) groups is 8. The van der Waals surface area contributed by atoms with E-state index in [1.807, 2.05) is 0 Å². The zero-order chi connectivity index (χ0) is 45.8. The van der Waals surface area contributed by atoms with Gasteiger partial charge in [-0.1, -0.05) is 13.8 Å². The Hall–Kier alpha value is -6.99. The summed E-state index contributed by atoms with van der Waals surface area (Å²) >= 11 is 0. The number of hydrogen-bond donors (Lipinski definition) is 11. The van der Waals surface area contributed by atoms with Crippen LogP contribution in [0.1, 0.15) is 110 Å². The van der Waals surface area contributed by atoms with Crippen molar-refractivity contribution in [3.8, 4) is 0 Å². The van der Waals surface area contributed by atoms with E-state index in [0.29, 0.717) is 0 Å². The molecule has 8 bridgehead atoms. The number of carboxylic acid groups (broad SMARTS) is 8. The molecule has 20 nitrogen and oxygen atoms in total. The van der Waals surface area contributed by atoms with E-state index in [4.69, 9.17) is 4.99 Å². The van der Waals surface area contributed by atoms with Gasteiger partial charge in [-0.25, -0.2) is 0 Å². The number of aliphatic imine (C=N–C) groups is 1. The molecule has 0 aliphatic carbocycles. The number of carboxylic acids is 8. The van der Waals surface area contributed by atoms with Gasteiger partial charge in [-0.05, 0) is 66.2 Å². The van der Waals surface area contributed by atoms with Crippen LogP contribution >= 0.6 is 0 Å². The summed E-state index contributed by atoms with van der Waals surface area (Å²) in [6.45, 7) is 3.15. The maximum absolute atomic E-state index is 12.6. The molecule has 3 aliphatic rings. The number of hydrogen-bond acceptors (Lipinski definition) is 10. The number of aliphatic carboxylic acids is 8. The van der Waals surface area contributed by atoms with Crippen LogP contribution in [0, 0.1) is 22.7 Å². The summed E-state index contributed by atoms with van der Waals surface area (Å²) in [5.74, 6) is -11.8. The lowest BCUT2D eigenvalue weighted by Gasteiger charge is -2.32. The summed E-state index contributed by atoms with van der Waals surface area (Å²) in [6, 6.07) is 0. The highest BCUT2D eigenvalue weighted by molar-refractivity contribution is 6.05. The molecule has 332 valence electrons. The smallest absolute Gasteiger partial charge is 0.307 e. The third-order valence-electron chi connectivity index (χ3n) is 12.1. The van der Waals surface area contributed by atoms with Crippen LogP contribution in [0.3, 0.4) is 0 Å². The molecule has 0 amide bonds. The molecule has 5 heterocycles. The number of nitrogens with zero attached hydrogens (tertiary/aromatic N) is 1. The fourth-order valence-corrected chi connectivity index (χ4v) is 9.22. The largest absolute Gasteiger partial charge is 0.481 e. The van der Waals surface area contributed by atoms with Crippen molar-refractivity contribution < 1.29 is 79.2 Å². The molecule has 4 atom stereocenters. The van der Waals surface area contributed by atoms with Gasteiger partial charge in [0.25, 0.3) is 0 Å². The monoisotopic (exact) mass is 864 g/mol. The summed E-state index contributed by atoms with van der Waals surface area (Å²) in [6.07, 6.45) is -0.580. The predicted octanol–water partition coefficient (Wildman–Crippen LogP) is 3.78. The van der Waals surface area contributed by atoms with Gasteiger partial charge in [0.05, 0.1) is 25.7 Å². The normalized spacial score (nSPS) is 21.5. The molecule has 0 saturated carbocycles. The molecule has 0 radical (unpaired) electrons. The van der Waals surface area contributed by atoms with Crippen molar-refractivity contribution in [3.63, 3.8) is 0 Å². The molecule has 62 heavy (non-hydrogen) atoms. The Labute approximate surface area is 352 Å². The quantitative estimate of drug-likeness (QED) is 0.0902. The molecular formula is C42H48N4O16. The fourth-order valence-electron chi connectivity index (χ4n) is 9.22. The third-order valence-corrected chi connectivity index (χ3v) is 12.1. The third kappa shape index (κ3) is 10.1. The van der Waals surface area contributed by atoms with Gasteiger partial charge in [0.15, 0.2) is 0 Å². The van der Waals surface area contributed by atoms with Crippen molar-refractivity contribution in [1.82, 2.24) is 15.3 Å². The van der Waals surface area contributed by atoms with Gasteiger partial charge in [-0.15, -0.1) is 0 Å². The molecule has 1 saturated heterocycles. The van der Waals surface area contributed by atoms with Crippen LogP contribution in [0.5, 0.6) is 0 Å². The number of H-pyrrole nitrogens is 2. The van der Waals surface area contributed by atoms with Crippen molar-refractivity contribution in [2.24, 2.45) is 27.7 Å². The van der Waals surface area contributed by atoms with E-state index in [1.165, 1.54) is 18.2 Å². The van der Waals surface area contributed by atoms with Crippen molar-refractivity contribution in [2.75, 3.05) is 0 Å². The molecule has 0 aromatic carbocycles. The van der Waals surface area contributed by atoms with Crippen molar-refractivity contribution >= 4 is 65.6 Å². The minimum absolute atomic E-state index is 0.109. The van der Waals surface area contributed by atoms with Crippen LogP contribution in [-0.4, -0.2) is 104 Å². The molecular weight excluding hydrogens is 816 g/mol. The van der Waals surface area contributed by atoms with E-state index >= 15 is 0 Å². The van der Waals surface area contributed by atoms with E-state index in [1.54, 1.807) is 13.8 Å². The minimum atomic E-state index is -1.46. The van der Waals surface area contributed by atoms with Gasteiger partial charge in [-0.3, -0.25) is 43.3 Å². The first kappa shape index (κ1) is 46.1. The van der Waals surface area contributed by atoms with Crippen LogP contribution in [0.4, 0.5) is 0 Å². The number of allylic oxidation sites excluding steroid dienone is 4. The van der Waals surface area contributed by atoms with E-state index in [9.17, 15) is 79.2 Å². The van der Waals surface area contributed by atoms with Crippen molar-refractivity contribution in [1.29, 1.82) is 0 Å². The summed E-state index contributed by atoms with van der Waals surface area (Å²) in [7, 11) is 0. The Morgan fingerprint density at radius 2 is 1.02 bits per heavy atom. The standard InChI is InChI=1S/C42H48N4O16/c1-41(17-39(59)60)23(5-9-35(51)52)29-14-27-21(11-37(55)56)19(3-7-33(47)48)25(43-27)13-26-20(4-8-34(49)50)22(12-38(57)58)28(44-26)15-31-42(2,18-40(61)62)24(6-10-36(53)54)30(46-31)16-32(41)45-29/h14-16,23-24,43-44,46H,3-13,17-18H2,1-2H3,(H,47,48)(H,49,50)(H,51,52)(H,53,54)(H,55,56)(H,57,58)(H,59,60)(H,61,62)/t23-,24-,41+,42+/m1/s1. The van der Waals surface area contributed by atoms with E-state index in [-0.39, 0.29) is 99.9 Å². The lowest BCUT2D eigenvalue weighted by atomic mass is 9.68. The maximum Gasteiger partial charge on any atom is 0.307 e. The van der Waals surface area contributed by atoms with Gasteiger partial charge in [0, 0.05) is 100 Å². The number of aromatic nitrogens is 2. The van der Waals surface area contributed by atoms with Gasteiger partial charge in [-0.2, -0.15) is 0 Å². The highest BCUT2D eigenvalue weighted by Gasteiger charge is 2.51. The van der Waals surface area contributed by atoms with E-state index in [2.05, 4.69) is 15.3 Å². The predicted molar refractivity (Wildman–Crippen MR) is 215 cm³/mol. The minimum Gasteiger partial charge on any atom is -0.481 e. The summed E-state index contributed by atoms with van der Waals surface area (Å²) in [5.41, 5.74) is -0.495. The number of aromatic amines is 2. The van der Waals surface area contributed by atoms with Crippen LogP contribution in [0.2, 0.25) is 0 Å². The summed E-state index contributed by atoms with van der Waals surface area (Å²) in [4.78, 5) is 109. The molecule has 0 spiro atoms. The highest BCUT2D eigenvalue weighted by atomic mass is 16.4. The maximum atomic E-state index is 12.6. The first-order valence-corrected chi connectivity index (χ1v) is 19.7. The topological polar surface area (TPSA) is 354 Å². The lowest BCUT2D eigenvalue weighted by molar-refractivity contribution is -0.140. The zero-order valence-corrected chi connectivity index (χ0v) is 33.9. The molecule has 20 heteroatoms. The molecule has 1 fully saturated rings. The van der Waals surface area contributed by atoms with Crippen LogP contribution in [0.25, 0.3) is 12.2 Å². The first-order chi connectivity index (χ1) is 29.0. The second-order valence-corrected chi connectivity index (χ2v) is 16.3. The van der Waals surface area contributed by atoms with Gasteiger partial charge < -0.3 is 56.1 Å². The lowest BCUT2D eigenvalue weighted by Crippen LogP contribution is -2.34. The summed E-state index contributed by atoms with van der Waals surface area (Å²) < 4.78 is 0. The molecule has 0 unspecified atom stereocenters. The van der Waals surface area contributed by atoms with Gasteiger partial charge in [0.1, 0.15) is 0 Å². The van der Waals surface area contributed by atoms with Gasteiger partial charge in [0.2, 0.25) is 0 Å².